The summed E-state index contributed by atoms with van der Waals surface area (Å²) in [6.45, 7) is 0. The lowest BCUT2D eigenvalue weighted by Crippen LogP contribution is -2.03. The van der Waals surface area contributed by atoms with Gasteiger partial charge in [-0.25, -0.2) is 4.98 Å². The van der Waals surface area contributed by atoms with Gasteiger partial charge in [-0.1, -0.05) is 6.07 Å². The summed E-state index contributed by atoms with van der Waals surface area (Å²) in [6.07, 6.45) is 4.31. The minimum Gasteiger partial charge on any atom is -0.383 e. The zero-order valence-corrected chi connectivity index (χ0v) is 9.72. The number of benzene rings is 1. The molecule has 18 heavy (non-hydrogen) atoms. The molecular weight excluding hydrogens is 226 g/mol. The quantitative estimate of drug-likeness (QED) is 0.634. The minimum atomic E-state index is 0.206. The zero-order chi connectivity index (χ0) is 12.5. The van der Waals surface area contributed by atoms with Crippen LogP contribution in [-0.4, -0.2) is 15.0 Å². The van der Waals surface area contributed by atoms with E-state index in [-0.39, 0.29) is 5.95 Å². The first-order chi connectivity index (χ1) is 8.72. The number of nitrogens with two attached hydrogens (primary N) is 2. The highest BCUT2D eigenvalue weighted by atomic mass is 15.0. The number of H-pyrrole nitrogens is 1. The molecule has 0 aliphatic heterocycles. The van der Waals surface area contributed by atoms with Crippen LogP contribution >= 0.6 is 0 Å². The second-order valence-electron chi connectivity index (χ2n) is 4.21. The van der Waals surface area contributed by atoms with Gasteiger partial charge in [0.1, 0.15) is 5.82 Å². The molecule has 0 atom stereocenters. The fourth-order valence-electron chi connectivity index (χ4n) is 2.00. The van der Waals surface area contributed by atoms with Gasteiger partial charge in [0.2, 0.25) is 5.95 Å². The lowest BCUT2D eigenvalue weighted by atomic mass is 10.1. The van der Waals surface area contributed by atoms with E-state index in [0.29, 0.717) is 12.2 Å². The molecule has 5 nitrogen and oxygen atoms in total. The first-order valence-electron chi connectivity index (χ1n) is 5.65. The van der Waals surface area contributed by atoms with E-state index in [1.165, 1.54) is 10.9 Å². The maximum atomic E-state index is 5.82. The molecule has 2 heterocycles. The number of nitrogens with one attached hydrogen (secondary N) is 1. The fraction of sp³-hybridized carbons (Fsp3) is 0.0769. The molecule has 0 saturated heterocycles. The summed E-state index contributed by atoms with van der Waals surface area (Å²) in [4.78, 5) is 11.1. The Morgan fingerprint density at radius 3 is 2.89 bits per heavy atom. The summed E-state index contributed by atoms with van der Waals surface area (Å²) < 4.78 is 0. The van der Waals surface area contributed by atoms with Crippen molar-refractivity contribution in [1.82, 2.24) is 15.0 Å². The van der Waals surface area contributed by atoms with Crippen LogP contribution < -0.4 is 11.5 Å². The zero-order valence-electron chi connectivity index (χ0n) is 9.72. The molecule has 5 heteroatoms. The summed E-state index contributed by atoms with van der Waals surface area (Å²) in [6, 6.07) is 8.29. The average Bonchev–Trinajstić information content (AvgIpc) is 2.80. The third-order valence-corrected chi connectivity index (χ3v) is 2.93. The van der Waals surface area contributed by atoms with Crippen LogP contribution in [0.1, 0.15) is 11.1 Å². The molecule has 0 spiro atoms. The van der Waals surface area contributed by atoms with Gasteiger partial charge in [0.25, 0.3) is 0 Å². The molecule has 0 aliphatic rings. The van der Waals surface area contributed by atoms with Gasteiger partial charge in [0, 0.05) is 29.9 Å². The smallest absolute Gasteiger partial charge is 0.221 e. The highest BCUT2D eigenvalue weighted by Crippen LogP contribution is 2.19. The van der Waals surface area contributed by atoms with E-state index in [2.05, 4.69) is 33.2 Å². The maximum Gasteiger partial charge on any atom is 0.221 e. The molecule has 1 aromatic carbocycles. The number of aromatic nitrogens is 3. The third kappa shape index (κ3) is 1.86. The molecule has 90 valence electrons. The van der Waals surface area contributed by atoms with Crippen molar-refractivity contribution in [3.63, 3.8) is 0 Å². The minimum absolute atomic E-state index is 0.206. The topological polar surface area (TPSA) is 93.6 Å². The number of hydrogen-bond donors (Lipinski definition) is 3. The van der Waals surface area contributed by atoms with E-state index >= 15 is 0 Å². The van der Waals surface area contributed by atoms with Crippen LogP contribution in [0.4, 0.5) is 11.8 Å². The van der Waals surface area contributed by atoms with Crippen molar-refractivity contribution in [3.05, 3.63) is 47.8 Å². The van der Waals surface area contributed by atoms with Gasteiger partial charge in [0.05, 0.1) is 0 Å². The van der Waals surface area contributed by atoms with E-state index in [0.717, 1.165) is 11.1 Å². The van der Waals surface area contributed by atoms with Crippen LogP contribution in [0.15, 0.2) is 36.7 Å². The Bertz CT molecular complexity index is 701. The largest absolute Gasteiger partial charge is 0.383 e. The number of nitrogens with zero attached hydrogens (tertiary/aromatic N) is 2. The van der Waals surface area contributed by atoms with E-state index in [1.807, 2.05) is 12.3 Å². The number of rotatable bonds is 2. The predicted molar refractivity (Wildman–Crippen MR) is 72.0 cm³/mol. The van der Waals surface area contributed by atoms with Gasteiger partial charge in [-0.05, 0) is 29.1 Å². The summed E-state index contributed by atoms with van der Waals surface area (Å²) in [5, 5.41) is 1.18. The number of nitrogen functional groups attached to an aromatic ring is 2. The van der Waals surface area contributed by atoms with Crippen molar-refractivity contribution in [1.29, 1.82) is 0 Å². The van der Waals surface area contributed by atoms with Crippen molar-refractivity contribution in [3.8, 4) is 0 Å². The maximum absolute atomic E-state index is 5.82. The molecule has 0 fully saturated rings. The first kappa shape index (κ1) is 10.6. The van der Waals surface area contributed by atoms with Crippen LogP contribution in [0.3, 0.4) is 0 Å². The van der Waals surface area contributed by atoms with Crippen molar-refractivity contribution in [2.75, 3.05) is 11.5 Å². The van der Waals surface area contributed by atoms with Crippen molar-refractivity contribution >= 4 is 22.7 Å². The van der Waals surface area contributed by atoms with E-state index in [9.17, 15) is 0 Å². The highest BCUT2D eigenvalue weighted by molar-refractivity contribution is 5.80. The summed E-state index contributed by atoms with van der Waals surface area (Å²) in [5.41, 5.74) is 14.5. The van der Waals surface area contributed by atoms with Gasteiger partial charge >= 0.3 is 0 Å². The Morgan fingerprint density at radius 2 is 2.06 bits per heavy atom. The van der Waals surface area contributed by atoms with Gasteiger partial charge in [0.15, 0.2) is 0 Å². The monoisotopic (exact) mass is 239 g/mol. The average molecular weight is 239 g/mol. The lowest BCUT2D eigenvalue weighted by molar-refractivity contribution is 1.09. The number of hydrogen-bond acceptors (Lipinski definition) is 4. The second-order valence-corrected chi connectivity index (χ2v) is 4.21. The Morgan fingerprint density at radius 1 is 1.17 bits per heavy atom. The van der Waals surface area contributed by atoms with Crippen molar-refractivity contribution < 1.29 is 0 Å². The normalized spacial score (nSPS) is 10.9. The van der Waals surface area contributed by atoms with Crippen molar-refractivity contribution in [2.45, 2.75) is 6.42 Å². The molecule has 0 unspecified atom stereocenters. The van der Waals surface area contributed by atoms with Gasteiger partial charge < -0.3 is 16.5 Å². The molecular formula is C13H13N5. The number of aromatic amines is 1. The van der Waals surface area contributed by atoms with Gasteiger partial charge in [-0.2, -0.15) is 4.98 Å². The molecule has 0 radical (unpaired) electrons. The molecule has 0 aliphatic carbocycles. The molecule has 0 saturated carbocycles. The Balaban J connectivity index is 1.95. The second kappa shape index (κ2) is 4.03. The summed E-state index contributed by atoms with van der Waals surface area (Å²) >= 11 is 0. The standard InChI is InChI=1S/C13H13N5/c14-12-10(7-17-13(15)18-12)6-8-1-2-11-9(5-8)3-4-16-11/h1-5,7,16H,6H2,(H4,14,15,17,18). The fourth-order valence-corrected chi connectivity index (χ4v) is 2.00. The highest BCUT2D eigenvalue weighted by Gasteiger charge is 2.04. The molecule has 0 amide bonds. The number of anilines is 2. The molecule has 2 aromatic heterocycles. The van der Waals surface area contributed by atoms with E-state index < -0.39 is 0 Å². The van der Waals surface area contributed by atoms with Gasteiger partial charge in [-0.15, -0.1) is 0 Å². The Hall–Kier alpha value is -2.56. The molecule has 0 bridgehead atoms. The molecule has 3 aromatic rings. The summed E-state index contributed by atoms with van der Waals surface area (Å²) in [5.74, 6) is 0.647. The Kier molecular flexibility index (Phi) is 2.37. The third-order valence-electron chi connectivity index (χ3n) is 2.93. The van der Waals surface area contributed by atoms with E-state index in [4.69, 9.17) is 11.5 Å². The van der Waals surface area contributed by atoms with Crippen LogP contribution in [0, 0.1) is 0 Å². The lowest BCUT2D eigenvalue weighted by Gasteiger charge is -2.05. The first-order valence-corrected chi connectivity index (χ1v) is 5.65. The van der Waals surface area contributed by atoms with Crippen LogP contribution in [0.5, 0.6) is 0 Å². The van der Waals surface area contributed by atoms with Crippen LogP contribution in [0.25, 0.3) is 10.9 Å². The molecule has 3 rings (SSSR count). The van der Waals surface area contributed by atoms with Crippen LogP contribution in [-0.2, 0) is 6.42 Å². The number of fused-ring (bicyclic) bond motifs is 1. The molecule has 5 N–H and O–H groups in total. The van der Waals surface area contributed by atoms with Crippen LogP contribution in [0.2, 0.25) is 0 Å². The Labute approximate surface area is 104 Å². The summed E-state index contributed by atoms with van der Waals surface area (Å²) in [7, 11) is 0. The van der Waals surface area contributed by atoms with Crippen molar-refractivity contribution in [2.24, 2.45) is 0 Å². The predicted octanol–water partition coefficient (Wildman–Crippen LogP) is 1.71. The SMILES string of the molecule is Nc1ncc(Cc2ccc3[nH]ccc3c2)c(N)n1. The van der Waals surface area contributed by atoms with Gasteiger partial charge in [-0.3, -0.25) is 0 Å². The van der Waals surface area contributed by atoms with E-state index in [1.54, 1.807) is 6.20 Å².